The molecule has 0 aliphatic carbocycles. The molecule has 2 aromatic rings. The third kappa shape index (κ3) is 3.53. The smallest absolute Gasteiger partial charge is 0.329 e. The third-order valence-corrected chi connectivity index (χ3v) is 5.00. The van der Waals surface area contributed by atoms with E-state index >= 15 is 0 Å². The lowest BCUT2D eigenvalue weighted by Crippen LogP contribution is -2.52. The average molecular weight is 373 g/mol. The van der Waals surface area contributed by atoms with Crippen molar-refractivity contribution in [1.29, 1.82) is 0 Å². The van der Waals surface area contributed by atoms with Gasteiger partial charge in [-0.25, -0.2) is 9.78 Å². The molecule has 27 heavy (non-hydrogen) atoms. The van der Waals surface area contributed by atoms with Crippen LogP contribution in [0.1, 0.15) is 56.1 Å². The predicted octanol–water partition coefficient (Wildman–Crippen LogP) is 1.05. The van der Waals surface area contributed by atoms with Crippen LogP contribution in [0.5, 0.6) is 0 Å². The van der Waals surface area contributed by atoms with Crippen LogP contribution in [0.15, 0.2) is 15.7 Å². The Bertz CT molecular complexity index is 976. The van der Waals surface area contributed by atoms with Gasteiger partial charge in [0.15, 0.2) is 5.65 Å². The van der Waals surface area contributed by atoms with Crippen molar-refractivity contribution in [2.45, 2.75) is 52.6 Å². The van der Waals surface area contributed by atoms with E-state index in [1.165, 1.54) is 4.57 Å². The minimum atomic E-state index is -0.559. The number of nitrogens with zero attached hydrogens (tertiary/aromatic N) is 3. The first-order valence-electron chi connectivity index (χ1n) is 9.54. The van der Waals surface area contributed by atoms with Gasteiger partial charge in [0.25, 0.3) is 11.5 Å². The van der Waals surface area contributed by atoms with Crippen molar-refractivity contribution in [2.75, 3.05) is 19.6 Å². The summed E-state index contributed by atoms with van der Waals surface area (Å²) in [7, 11) is 0. The van der Waals surface area contributed by atoms with Gasteiger partial charge >= 0.3 is 5.69 Å². The maximum absolute atomic E-state index is 13.3. The van der Waals surface area contributed by atoms with E-state index in [2.05, 4.69) is 15.3 Å². The maximum atomic E-state index is 13.3. The molecule has 0 bridgehead atoms. The van der Waals surface area contributed by atoms with Crippen molar-refractivity contribution in [1.82, 2.24) is 24.8 Å². The Kier molecular flexibility index (Phi) is 5.46. The molecule has 8 heteroatoms. The van der Waals surface area contributed by atoms with Crippen LogP contribution >= 0.6 is 0 Å². The Morgan fingerprint density at radius 1 is 1.37 bits per heavy atom. The molecular formula is C19H27N5O3. The van der Waals surface area contributed by atoms with Crippen molar-refractivity contribution < 1.29 is 4.79 Å². The van der Waals surface area contributed by atoms with Crippen molar-refractivity contribution in [3.63, 3.8) is 0 Å². The topological polar surface area (TPSA) is 100 Å². The van der Waals surface area contributed by atoms with Crippen LogP contribution in [0.3, 0.4) is 0 Å². The summed E-state index contributed by atoms with van der Waals surface area (Å²) < 4.78 is 1.46. The van der Waals surface area contributed by atoms with Crippen LogP contribution in [-0.2, 0) is 6.54 Å². The quantitative estimate of drug-likeness (QED) is 0.834. The normalized spacial score (nSPS) is 17.7. The summed E-state index contributed by atoms with van der Waals surface area (Å²) in [4.78, 5) is 47.0. The first-order chi connectivity index (χ1) is 12.8. The highest BCUT2D eigenvalue weighted by Gasteiger charge is 2.28. The zero-order valence-electron chi connectivity index (χ0n) is 16.3. The molecule has 1 aliphatic rings. The number of amides is 1. The minimum absolute atomic E-state index is 0.0255. The Morgan fingerprint density at radius 2 is 2.11 bits per heavy atom. The molecule has 1 amide bonds. The molecule has 8 nitrogen and oxygen atoms in total. The number of hydrogen-bond donors (Lipinski definition) is 2. The lowest BCUT2D eigenvalue weighted by molar-refractivity contribution is 0.0657. The van der Waals surface area contributed by atoms with Crippen LogP contribution in [0, 0.1) is 0 Å². The monoisotopic (exact) mass is 373 g/mol. The summed E-state index contributed by atoms with van der Waals surface area (Å²) >= 11 is 0. The number of carbonyl (C=O) groups is 1. The van der Waals surface area contributed by atoms with Crippen LogP contribution in [0.25, 0.3) is 11.0 Å². The number of rotatable bonds is 4. The highest BCUT2D eigenvalue weighted by atomic mass is 16.2. The van der Waals surface area contributed by atoms with Gasteiger partial charge in [-0.15, -0.1) is 0 Å². The fourth-order valence-electron chi connectivity index (χ4n) is 3.49. The summed E-state index contributed by atoms with van der Waals surface area (Å²) in [5, 5.41) is 3.46. The number of carbonyl (C=O) groups excluding carboxylic acids is 1. The van der Waals surface area contributed by atoms with Crippen molar-refractivity contribution >= 4 is 16.9 Å². The second kappa shape index (κ2) is 7.64. The van der Waals surface area contributed by atoms with Gasteiger partial charge < -0.3 is 10.2 Å². The molecule has 1 atom stereocenters. The predicted molar refractivity (Wildman–Crippen MR) is 104 cm³/mol. The molecule has 1 fully saturated rings. The van der Waals surface area contributed by atoms with E-state index in [1.807, 2.05) is 27.7 Å². The molecule has 1 aliphatic heterocycles. The first-order valence-corrected chi connectivity index (χ1v) is 9.54. The largest absolute Gasteiger partial charge is 0.333 e. The molecule has 3 heterocycles. The Balaban J connectivity index is 2.30. The van der Waals surface area contributed by atoms with E-state index in [0.717, 1.165) is 0 Å². The number of pyridine rings is 1. The number of piperazine rings is 1. The highest BCUT2D eigenvalue weighted by Crippen LogP contribution is 2.22. The molecule has 1 unspecified atom stereocenters. The Morgan fingerprint density at radius 3 is 2.74 bits per heavy atom. The number of hydrogen-bond acceptors (Lipinski definition) is 5. The van der Waals surface area contributed by atoms with Crippen molar-refractivity contribution in [3.05, 3.63) is 38.2 Å². The number of aryl methyl sites for hydroxylation is 1. The fraction of sp³-hybridized carbons (Fsp3) is 0.579. The van der Waals surface area contributed by atoms with Gasteiger partial charge in [-0.3, -0.25) is 19.1 Å². The van der Waals surface area contributed by atoms with E-state index < -0.39 is 11.2 Å². The molecule has 146 valence electrons. The fourth-order valence-corrected chi connectivity index (χ4v) is 3.49. The van der Waals surface area contributed by atoms with Crippen LogP contribution in [-0.4, -0.2) is 51.0 Å². The van der Waals surface area contributed by atoms with Gasteiger partial charge in [0, 0.05) is 37.9 Å². The number of nitrogens with one attached hydrogen (secondary N) is 2. The standard InChI is InChI=1S/C19H27N5O3/c1-5-7-24-16-15(17(25)22-19(24)27)13(9-14(21-16)11(2)3)18(26)23-8-6-20-10-12(23)4/h9,11-12,20H,5-8,10H2,1-4H3,(H,22,25,27). The van der Waals surface area contributed by atoms with Gasteiger partial charge in [-0.05, 0) is 25.3 Å². The molecule has 2 N–H and O–H groups in total. The van der Waals surface area contributed by atoms with E-state index in [9.17, 15) is 14.4 Å². The van der Waals surface area contributed by atoms with Crippen LogP contribution < -0.4 is 16.6 Å². The molecule has 0 radical (unpaired) electrons. The highest BCUT2D eigenvalue weighted by molar-refractivity contribution is 6.05. The lowest BCUT2D eigenvalue weighted by Gasteiger charge is -2.34. The van der Waals surface area contributed by atoms with Crippen LogP contribution in [0.2, 0.25) is 0 Å². The van der Waals surface area contributed by atoms with E-state index in [0.29, 0.717) is 49.5 Å². The molecule has 0 saturated carbocycles. The first kappa shape index (κ1) is 19.3. The summed E-state index contributed by atoms with van der Waals surface area (Å²) in [6.45, 7) is 10.3. The second-order valence-electron chi connectivity index (χ2n) is 7.41. The summed E-state index contributed by atoms with van der Waals surface area (Å²) in [5.41, 5.74) is 0.267. The number of H-pyrrole nitrogens is 1. The minimum Gasteiger partial charge on any atom is -0.333 e. The third-order valence-electron chi connectivity index (χ3n) is 5.00. The zero-order chi connectivity index (χ0) is 19.7. The summed E-state index contributed by atoms with van der Waals surface area (Å²) in [6, 6.07) is 1.73. The van der Waals surface area contributed by atoms with Crippen molar-refractivity contribution in [3.8, 4) is 0 Å². The number of aromatic nitrogens is 3. The summed E-state index contributed by atoms with van der Waals surface area (Å²) in [5.74, 6) is -0.128. The Hall–Kier alpha value is -2.48. The average Bonchev–Trinajstić information content (AvgIpc) is 2.63. The lowest BCUT2D eigenvalue weighted by atomic mass is 10.0. The van der Waals surface area contributed by atoms with Gasteiger partial charge in [-0.2, -0.15) is 0 Å². The molecular weight excluding hydrogens is 346 g/mol. The summed E-state index contributed by atoms with van der Waals surface area (Å²) in [6.07, 6.45) is 0.715. The van der Waals surface area contributed by atoms with E-state index in [-0.39, 0.29) is 23.3 Å². The van der Waals surface area contributed by atoms with E-state index in [1.54, 1.807) is 11.0 Å². The molecule has 3 rings (SSSR count). The van der Waals surface area contributed by atoms with Crippen molar-refractivity contribution in [2.24, 2.45) is 0 Å². The zero-order valence-corrected chi connectivity index (χ0v) is 16.3. The van der Waals surface area contributed by atoms with Gasteiger partial charge in [-0.1, -0.05) is 20.8 Å². The van der Waals surface area contributed by atoms with Gasteiger partial charge in [0.2, 0.25) is 0 Å². The molecule has 0 aromatic carbocycles. The van der Waals surface area contributed by atoms with Gasteiger partial charge in [0.05, 0.1) is 10.9 Å². The van der Waals surface area contributed by atoms with Gasteiger partial charge in [0.1, 0.15) is 0 Å². The number of aromatic amines is 1. The maximum Gasteiger partial charge on any atom is 0.329 e. The molecule has 0 spiro atoms. The van der Waals surface area contributed by atoms with Crippen LogP contribution in [0.4, 0.5) is 0 Å². The SMILES string of the molecule is CCCn1c(=O)[nH]c(=O)c2c(C(=O)N3CCNCC3C)cc(C(C)C)nc21. The second-order valence-corrected chi connectivity index (χ2v) is 7.41. The molecule has 2 aromatic heterocycles. The Labute approximate surface area is 157 Å². The number of fused-ring (bicyclic) bond motifs is 1. The molecule has 1 saturated heterocycles. The van der Waals surface area contributed by atoms with E-state index in [4.69, 9.17) is 0 Å².